The molecule has 0 saturated heterocycles. The third-order valence-electron chi connectivity index (χ3n) is 2.23. The molecule has 1 heteroatoms. The molecule has 2 rings (SSSR count). The van der Waals surface area contributed by atoms with Crippen LogP contribution in [0.5, 0.6) is 5.75 Å². The second-order valence-corrected chi connectivity index (χ2v) is 3.24. The van der Waals surface area contributed by atoms with Gasteiger partial charge in [0.25, 0.3) is 0 Å². The fourth-order valence-corrected chi connectivity index (χ4v) is 1.55. The van der Waals surface area contributed by atoms with Gasteiger partial charge >= 0.3 is 0 Å². The maximum absolute atomic E-state index is 9.52. The van der Waals surface area contributed by atoms with E-state index in [0.717, 1.165) is 17.2 Å². The minimum Gasteiger partial charge on any atom is -0.507 e. The van der Waals surface area contributed by atoms with E-state index in [1.807, 2.05) is 24.3 Å². The molecule has 1 nitrogen and oxygen atoms in total. The summed E-state index contributed by atoms with van der Waals surface area (Å²) < 4.78 is 0. The van der Waals surface area contributed by atoms with Gasteiger partial charge < -0.3 is 5.11 Å². The van der Waals surface area contributed by atoms with Gasteiger partial charge in [0.05, 0.1) is 0 Å². The van der Waals surface area contributed by atoms with Crippen LogP contribution in [-0.4, -0.2) is 5.11 Å². The van der Waals surface area contributed by atoms with Gasteiger partial charge in [-0.2, -0.15) is 0 Å². The molecule has 0 unspecified atom stereocenters. The first-order valence-corrected chi connectivity index (χ1v) is 4.54. The second-order valence-electron chi connectivity index (χ2n) is 3.24. The highest BCUT2D eigenvalue weighted by Gasteiger charge is 1.99. The number of benzene rings is 2. The van der Waals surface area contributed by atoms with Gasteiger partial charge in [-0.05, 0) is 23.4 Å². The van der Waals surface area contributed by atoms with Gasteiger partial charge in [-0.1, -0.05) is 30.3 Å². The van der Waals surface area contributed by atoms with Crippen molar-refractivity contribution in [3.8, 4) is 5.75 Å². The van der Waals surface area contributed by atoms with Crippen LogP contribution < -0.4 is 0 Å². The lowest BCUT2D eigenvalue weighted by Crippen LogP contribution is -1.81. The summed E-state index contributed by atoms with van der Waals surface area (Å²) in [5.74, 6) is 0.215. The Hall–Kier alpha value is -1.76. The number of aromatic hydroxyl groups is 1. The van der Waals surface area contributed by atoms with Gasteiger partial charge in [0.1, 0.15) is 5.75 Å². The quantitative estimate of drug-likeness (QED) is 0.709. The number of hydrogen-bond donors (Lipinski definition) is 1. The second kappa shape index (κ2) is 3.54. The molecule has 2 aromatic carbocycles. The predicted octanol–water partition coefficient (Wildman–Crippen LogP) is 3.07. The highest BCUT2D eigenvalue weighted by Crippen LogP contribution is 2.24. The summed E-state index contributed by atoms with van der Waals surface area (Å²) in [4.78, 5) is 0. The summed E-state index contributed by atoms with van der Waals surface area (Å²) in [6.07, 6.45) is 2.73. The Morgan fingerprint density at radius 1 is 1.36 bits per heavy atom. The molecule has 0 amide bonds. The normalized spacial score (nSPS) is 10.3. The van der Waals surface area contributed by atoms with E-state index in [1.54, 1.807) is 6.07 Å². The Kier molecular flexibility index (Phi) is 2.23. The molecule has 1 radical (unpaired) electrons. The third-order valence-corrected chi connectivity index (χ3v) is 2.23. The summed E-state index contributed by atoms with van der Waals surface area (Å²) >= 11 is 0. The molecule has 14 heavy (non-hydrogen) atoms. The van der Waals surface area contributed by atoms with Gasteiger partial charge in [-0.15, -0.1) is 6.58 Å². The van der Waals surface area contributed by atoms with E-state index in [2.05, 4.69) is 18.7 Å². The topological polar surface area (TPSA) is 20.2 Å². The van der Waals surface area contributed by atoms with Crippen LogP contribution in [-0.2, 0) is 6.42 Å². The Morgan fingerprint density at radius 2 is 2.21 bits per heavy atom. The smallest absolute Gasteiger partial charge is 0.131 e. The fraction of sp³-hybridized carbons (Fsp3) is 0.0769. The molecule has 0 aliphatic rings. The average Bonchev–Trinajstić information content (AvgIpc) is 2.18. The van der Waals surface area contributed by atoms with E-state index < -0.39 is 0 Å². The summed E-state index contributed by atoms with van der Waals surface area (Å²) in [5, 5.41) is 11.4. The van der Waals surface area contributed by atoms with Gasteiger partial charge in [-0.25, -0.2) is 0 Å². The van der Waals surface area contributed by atoms with Crippen LogP contribution in [0.4, 0.5) is 0 Å². The van der Waals surface area contributed by atoms with Crippen molar-refractivity contribution in [2.24, 2.45) is 0 Å². The van der Waals surface area contributed by atoms with E-state index >= 15 is 0 Å². The Labute approximate surface area is 83.3 Å². The molecule has 0 spiro atoms. The van der Waals surface area contributed by atoms with Crippen LogP contribution in [0.3, 0.4) is 0 Å². The van der Waals surface area contributed by atoms with E-state index in [9.17, 15) is 5.11 Å². The summed E-state index contributed by atoms with van der Waals surface area (Å²) in [5.41, 5.74) is 1.21. The molecule has 1 N–H and O–H groups in total. The van der Waals surface area contributed by atoms with Crippen LogP contribution in [0.2, 0.25) is 0 Å². The maximum atomic E-state index is 9.52. The van der Waals surface area contributed by atoms with Crippen molar-refractivity contribution in [1.82, 2.24) is 0 Å². The lowest BCUT2D eigenvalue weighted by molar-refractivity contribution is 0.480. The van der Waals surface area contributed by atoms with Crippen LogP contribution in [0.1, 0.15) is 5.56 Å². The van der Waals surface area contributed by atoms with Crippen molar-refractivity contribution < 1.29 is 5.11 Å². The number of phenolic OH excluding ortho intramolecular Hbond substituents is 1. The zero-order valence-electron chi connectivity index (χ0n) is 7.83. The molecule has 0 fully saturated rings. The molecule has 0 atom stereocenters. The molecule has 0 bridgehead atoms. The molecule has 2 aromatic rings. The van der Waals surface area contributed by atoms with Gasteiger partial charge in [0.15, 0.2) is 0 Å². The van der Waals surface area contributed by atoms with E-state index in [4.69, 9.17) is 0 Å². The van der Waals surface area contributed by atoms with Crippen molar-refractivity contribution in [3.63, 3.8) is 0 Å². The van der Waals surface area contributed by atoms with Crippen LogP contribution in [0.15, 0.2) is 43.0 Å². The summed E-state index contributed by atoms with van der Waals surface area (Å²) in [6, 6.07) is 12.4. The molecular formula is C13H11O. The summed E-state index contributed by atoms with van der Waals surface area (Å²) in [7, 11) is 0. The SMILES string of the molecule is C=CCc1ccc2c(O)[c]ccc2c1. The van der Waals surface area contributed by atoms with Crippen LogP contribution in [0, 0.1) is 6.07 Å². The zero-order chi connectivity index (χ0) is 9.97. The average molecular weight is 183 g/mol. The van der Waals surface area contributed by atoms with Gasteiger partial charge in [-0.3, -0.25) is 0 Å². The zero-order valence-corrected chi connectivity index (χ0v) is 7.83. The Morgan fingerprint density at radius 3 is 3.00 bits per heavy atom. The fourth-order valence-electron chi connectivity index (χ4n) is 1.55. The van der Waals surface area contributed by atoms with Crippen molar-refractivity contribution >= 4 is 10.8 Å². The number of hydrogen-bond acceptors (Lipinski definition) is 1. The largest absolute Gasteiger partial charge is 0.507 e. The third kappa shape index (κ3) is 1.49. The molecule has 0 saturated carbocycles. The molecule has 0 aliphatic heterocycles. The van der Waals surface area contributed by atoms with Gasteiger partial charge in [0.2, 0.25) is 0 Å². The van der Waals surface area contributed by atoms with Crippen molar-refractivity contribution in [1.29, 1.82) is 0 Å². The predicted molar refractivity (Wildman–Crippen MR) is 58.3 cm³/mol. The van der Waals surface area contributed by atoms with E-state index in [1.165, 1.54) is 5.56 Å². The van der Waals surface area contributed by atoms with Crippen LogP contribution in [0.25, 0.3) is 10.8 Å². The minimum atomic E-state index is 0.215. The monoisotopic (exact) mass is 183 g/mol. The highest BCUT2D eigenvalue weighted by molar-refractivity contribution is 5.88. The van der Waals surface area contributed by atoms with Gasteiger partial charge in [0, 0.05) is 11.5 Å². The first-order chi connectivity index (χ1) is 6.81. The maximum Gasteiger partial charge on any atom is 0.131 e. The number of rotatable bonds is 2. The molecule has 0 aromatic heterocycles. The van der Waals surface area contributed by atoms with Crippen molar-refractivity contribution in [2.45, 2.75) is 6.42 Å². The summed E-state index contributed by atoms with van der Waals surface area (Å²) in [6.45, 7) is 3.70. The Balaban J connectivity index is 2.61. The number of phenols is 1. The number of allylic oxidation sites excluding steroid dienone is 1. The van der Waals surface area contributed by atoms with E-state index in [0.29, 0.717) is 0 Å². The minimum absolute atomic E-state index is 0.215. The number of fused-ring (bicyclic) bond motifs is 1. The Bertz CT molecular complexity index is 472. The lowest BCUT2D eigenvalue weighted by Gasteiger charge is -2.02. The first-order valence-electron chi connectivity index (χ1n) is 4.54. The molecule has 0 aliphatic carbocycles. The standard InChI is InChI=1S/C13H11O/c1-2-4-10-7-8-12-11(9-10)5-3-6-13(12)14/h2-3,5,7-9,14H,1,4H2. The first kappa shape index (κ1) is 8.82. The molecule has 69 valence electrons. The lowest BCUT2D eigenvalue weighted by atomic mass is 10.0. The van der Waals surface area contributed by atoms with E-state index in [-0.39, 0.29) is 5.75 Å². The van der Waals surface area contributed by atoms with Crippen LogP contribution >= 0.6 is 0 Å². The van der Waals surface area contributed by atoms with Crippen molar-refractivity contribution in [2.75, 3.05) is 0 Å². The molecule has 0 heterocycles. The molecular weight excluding hydrogens is 172 g/mol. The highest BCUT2D eigenvalue weighted by atomic mass is 16.3. The van der Waals surface area contributed by atoms with Crippen molar-refractivity contribution in [3.05, 3.63) is 54.6 Å².